The fraction of sp³-hybridized carbons (Fsp3) is 0.0811. The van der Waals surface area contributed by atoms with Crippen LogP contribution in [0.25, 0.3) is 6.08 Å². The molecular weight excluding hydrogens is 570 g/mol. The van der Waals surface area contributed by atoms with E-state index >= 15 is 0 Å². The van der Waals surface area contributed by atoms with Crippen molar-refractivity contribution in [2.24, 2.45) is 0 Å². The molecule has 44 heavy (non-hydrogen) atoms. The monoisotopic (exact) mass is 601 g/mol. The first-order chi connectivity index (χ1) is 21.6. The highest BCUT2D eigenvalue weighted by Gasteiger charge is 2.14. The van der Waals surface area contributed by atoms with Crippen LogP contribution in [0.2, 0.25) is 0 Å². The average molecular weight is 602 g/mol. The molecule has 0 amide bonds. The summed E-state index contributed by atoms with van der Waals surface area (Å²) in [6.45, 7) is 4.25. The van der Waals surface area contributed by atoms with Crippen molar-refractivity contribution in [1.29, 1.82) is 0 Å². The zero-order valence-electron chi connectivity index (χ0n) is 24.0. The Morgan fingerprint density at radius 2 is 1.18 bits per heavy atom. The summed E-state index contributed by atoms with van der Waals surface area (Å²) < 4.78 is 16.6. The van der Waals surface area contributed by atoms with Crippen LogP contribution >= 0.6 is 11.3 Å². The molecule has 7 heteroatoms. The summed E-state index contributed by atoms with van der Waals surface area (Å²) in [6.07, 6.45) is 4.34. The van der Waals surface area contributed by atoms with Crippen LogP contribution in [0.15, 0.2) is 139 Å². The molecule has 4 aromatic carbocycles. The lowest BCUT2D eigenvalue weighted by Crippen LogP contribution is -2.10. The Hall–Kier alpha value is -5.40. The number of nitrogens with zero attached hydrogens (tertiary/aromatic N) is 1. The molecule has 0 atom stereocenters. The predicted octanol–water partition coefficient (Wildman–Crippen LogP) is 8.78. The molecule has 0 N–H and O–H groups in total. The van der Waals surface area contributed by atoms with E-state index in [9.17, 15) is 9.59 Å². The Balaban J connectivity index is 1.31. The van der Waals surface area contributed by atoms with E-state index in [0.717, 1.165) is 50.5 Å². The quantitative estimate of drug-likeness (QED) is 0.0993. The summed E-state index contributed by atoms with van der Waals surface area (Å²) in [4.78, 5) is 26.8. The van der Waals surface area contributed by atoms with E-state index in [1.165, 1.54) is 6.08 Å². The molecule has 1 aromatic heterocycles. The fourth-order valence-corrected chi connectivity index (χ4v) is 4.93. The van der Waals surface area contributed by atoms with Gasteiger partial charge in [0.15, 0.2) is 0 Å². The maximum absolute atomic E-state index is 12.2. The molecule has 5 rings (SSSR count). The van der Waals surface area contributed by atoms with Crippen LogP contribution in [-0.4, -0.2) is 11.9 Å². The minimum atomic E-state index is -0.463. The Kier molecular flexibility index (Phi) is 10.4. The minimum absolute atomic E-state index is 0.161. The van der Waals surface area contributed by atoms with Crippen molar-refractivity contribution in [3.63, 3.8) is 0 Å². The van der Waals surface area contributed by atoms with Gasteiger partial charge in [0.25, 0.3) is 0 Å². The Bertz CT molecular complexity index is 1680. The molecule has 0 aliphatic heterocycles. The van der Waals surface area contributed by atoms with Crippen LogP contribution in [-0.2, 0) is 38.9 Å². The highest BCUT2D eigenvalue weighted by molar-refractivity contribution is 7.10. The molecule has 0 bridgehead atoms. The third-order valence-corrected chi connectivity index (χ3v) is 7.43. The van der Waals surface area contributed by atoms with Gasteiger partial charge in [0, 0.05) is 34.1 Å². The highest BCUT2D eigenvalue weighted by Crippen LogP contribution is 2.35. The number of hydrogen-bond acceptors (Lipinski definition) is 7. The van der Waals surface area contributed by atoms with Gasteiger partial charge in [0.1, 0.15) is 25.6 Å². The van der Waals surface area contributed by atoms with Gasteiger partial charge in [-0.1, -0.05) is 67.2 Å². The van der Waals surface area contributed by atoms with Gasteiger partial charge in [0.2, 0.25) is 0 Å². The van der Waals surface area contributed by atoms with Crippen LogP contribution < -0.4 is 9.64 Å². The Morgan fingerprint density at radius 3 is 1.73 bits per heavy atom. The van der Waals surface area contributed by atoms with E-state index in [-0.39, 0.29) is 13.2 Å². The largest absolute Gasteiger partial charge is 0.489 e. The van der Waals surface area contributed by atoms with E-state index in [4.69, 9.17) is 14.2 Å². The molecule has 0 aliphatic rings. The minimum Gasteiger partial charge on any atom is -0.489 e. The average Bonchev–Trinajstić information content (AvgIpc) is 3.60. The van der Waals surface area contributed by atoms with Gasteiger partial charge in [-0.05, 0) is 82.7 Å². The first-order valence-corrected chi connectivity index (χ1v) is 14.9. The SMILES string of the molecule is C=CC(=O)OCc1ccc(N(c2ccc(COC(=O)C=Cc3cccs3)cc2)c2ccc(OCc3ccccc3)cc2)cc1. The number of ether oxygens (including phenoxy) is 3. The van der Waals surface area contributed by atoms with Gasteiger partial charge in [-0.15, -0.1) is 11.3 Å². The van der Waals surface area contributed by atoms with E-state index < -0.39 is 11.9 Å². The summed E-state index contributed by atoms with van der Waals surface area (Å²) in [6, 6.07) is 37.5. The van der Waals surface area contributed by atoms with Gasteiger partial charge >= 0.3 is 11.9 Å². The number of thiophene rings is 1. The molecule has 0 radical (unpaired) electrons. The van der Waals surface area contributed by atoms with Gasteiger partial charge in [0.05, 0.1) is 0 Å². The molecular formula is C37H31NO5S. The van der Waals surface area contributed by atoms with E-state index in [2.05, 4.69) is 11.5 Å². The Morgan fingerprint density at radius 1 is 0.636 bits per heavy atom. The smallest absolute Gasteiger partial charge is 0.331 e. The number of rotatable bonds is 13. The molecule has 0 spiro atoms. The Labute approximate surface area is 261 Å². The summed E-state index contributed by atoms with van der Waals surface area (Å²) in [5.74, 6) is -0.0886. The first-order valence-electron chi connectivity index (χ1n) is 14.0. The number of carbonyl (C=O) groups excluding carboxylic acids is 2. The second-order valence-corrected chi connectivity index (χ2v) is 10.7. The van der Waals surface area contributed by atoms with Crippen LogP contribution in [0, 0.1) is 0 Å². The third kappa shape index (κ3) is 8.56. The molecule has 0 unspecified atom stereocenters. The number of anilines is 3. The first kappa shape index (κ1) is 30.1. The predicted molar refractivity (Wildman–Crippen MR) is 175 cm³/mol. The topological polar surface area (TPSA) is 65.1 Å². The van der Waals surface area contributed by atoms with Crippen LogP contribution in [0.5, 0.6) is 5.75 Å². The second-order valence-electron chi connectivity index (χ2n) is 9.70. The van der Waals surface area contributed by atoms with E-state index in [1.807, 2.05) is 121 Å². The highest BCUT2D eigenvalue weighted by atomic mass is 32.1. The summed E-state index contributed by atoms with van der Waals surface area (Å²) in [7, 11) is 0. The number of esters is 2. The maximum Gasteiger partial charge on any atom is 0.331 e. The van der Waals surface area contributed by atoms with Gasteiger partial charge < -0.3 is 19.1 Å². The molecule has 220 valence electrons. The fourth-order valence-electron chi connectivity index (χ4n) is 4.31. The molecule has 0 fully saturated rings. The van der Waals surface area contributed by atoms with Crippen molar-refractivity contribution in [2.75, 3.05) is 4.90 Å². The standard InChI is InChI=1S/C37H31NO5S/c1-2-36(39)42-26-29-10-14-31(15-11-29)38(33-18-20-34(21-19-33)41-25-28-7-4-3-5-8-28)32-16-12-30(13-17-32)27-43-37(40)23-22-35-9-6-24-44-35/h2-24H,1,25-27H2. The number of benzene rings is 4. The zero-order chi connectivity index (χ0) is 30.6. The normalized spacial score (nSPS) is 10.7. The van der Waals surface area contributed by atoms with Crippen molar-refractivity contribution in [1.82, 2.24) is 0 Å². The molecule has 1 heterocycles. The molecule has 0 aliphatic carbocycles. The van der Waals surface area contributed by atoms with Crippen molar-refractivity contribution < 1.29 is 23.8 Å². The van der Waals surface area contributed by atoms with Gasteiger partial charge in [-0.3, -0.25) is 0 Å². The lowest BCUT2D eigenvalue weighted by atomic mass is 10.1. The van der Waals surface area contributed by atoms with Gasteiger partial charge in [-0.25, -0.2) is 9.59 Å². The van der Waals surface area contributed by atoms with Crippen LogP contribution in [0.3, 0.4) is 0 Å². The maximum atomic E-state index is 12.2. The molecule has 6 nitrogen and oxygen atoms in total. The van der Waals surface area contributed by atoms with Gasteiger partial charge in [-0.2, -0.15) is 0 Å². The van der Waals surface area contributed by atoms with E-state index in [1.54, 1.807) is 17.4 Å². The summed E-state index contributed by atoms with van der Waals surface area (Å²) in [5, 5.41) is 1.96. The second kappa shape index (κ2) is 15.2. The van der Waals surface area contributed by atoms with Crippen molar-refractivity contribution in [3.05, 3.63) is 161 Å². The van der Waals surface area contributed by atoms with Crippen LogP contribution in [0.4, 0.5) is 17.1 Å². The van der Waals surface area contributed by atoms with Crippen molar-refractivity contribution in [2.45, 2.75) is 19.8 Å². The third-order valence-electron chi connectivity index (χ3n) is 6.59. The lowest BCUT2D eigenvalue weighted by Gasteiger charge is -2.26. The molecule has 0 saturated carbocycles. The summed E-state index contributed by atoms with van der Waals surface area (Å²) in [5.41, 5.74) is 5.60. The van der Waals surface area contributed by atoms with Crippen molar-refractivity contribution in [3.8, 4) is 5.75 Å². The molecule has 5 aromatic rings. The lowest BCUT2D eigenvalue weighted by molar-refractivity contribution is -0.139. The number of hydrogen-bond donors (Lipinski definition) is 0. The molecule has 0 saturated heterocycles. The number of carbonyl (C=O) groups is 2. The van der Waals surface area contributed by atoms with Crippen LogP contribution in [0.1, 0.15) is 21.6 Å². The van der Waals surface area contributed by atoms with E-state index in [0.29, 0.717) is 6.61 Å². The summed E-state index contributed by atoms with van der Waals surface area (Å²) >= 11 is 1.56. The van der Waals surface area contributed by atoms with Crippen molar-refractivity contribution >= 4 is 46.4 Å². The zero-order valence-corrected chi connectivity index (χ0v) is 24.8.